The zero-order valence-corrected chi connectivity index (χ0v) is 28.8. The van der Waals surface area contributed by atoms with Crippen LogP contribution in [0.3, 0.4) is 0 Å². The monoisotopic (exact) mass is 695 g/mol. The Bertz CT molecular complexity index is 1700. The zero-order chi connectivity index (χ0) is 33.8. The van der Waals surface area contributed by atoms with Crippen molar-refractivity contribution in [2.75, 3.05) is 23.7 Å². The van der Waals surface area contributed by atoms with Gasteiger partial charge in [0.2, 0.25) is 21.8 Å². The molecule has 0 saturated carbocycles. The number of hydrogen-bond acceptors (Lipinski definition) is 5. The van der Waals surface area contributed by atoms with Crippen molar-refractivity contribution in [3.05, 3.63) is 130 Å². The molecule has 0 fully saturated rings. The van der Waals surface area contributed by atoms with Gasteiger partial charge in [0.05, 0.1) is 11.9 Å². The number of benzene rings is 4. The van der Waals surface area contributed by atoms with E-state index in [1.807, 2.05) is 67.6 Å². The molecular formula is C36H39Cl2N3O5S. The minimum absolute atomic E-state index is 0.111. The maximum absolute atomic E-state index is 14.3. The third kappa shape index (κ3) is 10.5. The second-order valence-corrected chi connectivity index (χ2v) is 13.8. The topological polar surface area (TPSA) is 96.0 Å². The van der Waals surface area contributed by atoms with Crippen LogP contribution in [0.15, 0.2) is 103 Å². The quantitative estimate of drug-likeness (QED) is 0.129. The van der Waals surface area contributed by atoms with Gasteiger partial charge in [-0.05, 0) is 53.9 Å². The van der Waals surface area contributed by atoms with Crippen molar-refractivity contribution >= 4 is 50.7 Å². The Hall–Kier alpha value is -4.05. The standard InChI is InChI=1S/C36H39Cl2N3O5S/c1-3-4-22-39-36(43)34(23-27-12-7-5-8-13-27)40(24-31-32(37)16-11-17-33(31)38)35(42)25-41(47(2,44)45)29-18-20-30(21-19-29)46-26-28-14-9-6-10-15-28/h5-21,34H,3-4,22-26H2,1-2H3,(H,39,43)/t34-/m0/s1. The Labute approximate surface area is 287 Å². The number of halogens is 2. The number of rotatable bonds is 16. The molecule has 248 valence electrons. The average Bonchev–Trinajstić information content (AvgIpc) is 3.06. The summed E-state index contributed by atoms with van der Waals surface area (Å²) in [7, 11) is -3.93. The number of amides is 2. The van der Waals surface area contributed by atoms with Crippen molar-refractivity contribution < 1.29 is 22.7 Å². The van der Waals surface area contributed by atoms with Crippen LogP contribution in [0.1, 0.15) is 36.5 Å². The lowest BCUT2D eigenvalue weighted by atomic mass is 10.0. The van der Waals surface area contributed by atoms with Crippen LogP contribution < -0.4 is 14.4 Å². The van der Waals surface area contributed by atoms with Gasteiger partial charge in [-0.2, -0.15) is 0 Å². The predicted molar refractivity (Wildman–Crippen MR) is 188 cm³/mol. The van der Waals surface area contributed by atoms with E-state index in [1.165, 1.54) is 4.90 Å². The van der Waals surface area contributed by atoms with Crippen LogP contribution in [0.25, 0.3) is 0 Å². The lowest BCUT2D eigenvalue weighted by molar-refractivity contribution is -0.140. The summed E-state index contributed by atoms with van der Waals surface area (Å²) in [5.74, 6) is -0.411. The normalized spacial score (nSPS) is 11.8. The summed E-state index contributed by atoms with van der Waals surface area (Å²) in [5, 5.41) is 3.61. The Morgan fingerprint density at radius 3 is 2.00 bits per heavy atom. The summed E-state index contributed by atoms with van der Waals surface area (Å²) in [6.07, 6.45) is 2.87. The van der Waals surface area contributed by atoms with E-state index in [9.17, 15) is 18.0 Å². The molecule has 2 amide bonds. The fourth-order valence-corrected chi connectivity index (χ4v) is 6.34. The van der Waals surface area contributed by atoms with Crippen molar-refractivity contribution in [3.63, 3.8) is 0 Å². The molecule has 0 aliphatic rings. The number of nitrogens with one attached hydrogen (secondary N) is 1. The summed E-state index contributed by atoms with van der Waals surface area (Å²) < 4.78 is 33.1. The summed E-state index contributed by atoms with van der Waals surface area (Å²) >= 11 is 13.1. The molecule has 0 aliphatic carbocycles. The van der Waals surface area contributed by atoms with Crippen LogP contribution in [-0.2, 0) is 39.2 Å². The molecule has 0 spiro atoms. The summed E-state index contributed by atoms with van der Waals surface area (Å²) in [6, 6.07) is 29.5. The number of nitrogens with zero attached hydrogens (tertiary/aromatic N) is 2. The van der Waals surface area contributed by atoms with Crippen LogP contribution in [0.4, 0.5) is 5.69 Å². The summed E-state index contributed by atoms with van der Waals surface area (Å²) in [4.78, 5) is 29.5. The van der Waals surface area contributed by atoms with Crippen molar-refractivity contribution in [1.82, 2.24) is 10.2 Å². The molecule has 47 heavy (non-hydrogen) atoms. The maximum Gasteiger partial charge on any atom is 0.244 e. The molecule has 0 heterocycles. The lowest BCUT2D eigenvalue weighted by Gasteiger charge is -2.34. The van der Waals surface area contributed by atoms with E-state index in [0.717, 1.165) is 34.5 Å². The third-order valence-corrected chi connectivity index (χ3v) is 9.39. The zero-order valence-electron chi connectivity index (χ0n) is 26.4. The molecule has 0 radical (unpaired) electrons. The minimum atomic E-state index is -3.93. The molecule has 8 nitrogen and oxygen atoms in total. The van der Waals surface area contributed by atoms with Crippen molar-refractivity contribution in [3.8, 4) is 5.75 Å². The first-order valence-corrected chi connectivity index (χ1v) is 18.0. The largest absolute Gasteiger partial charge is 0.489 e. The van der Waals surface area contributed by atoms with E-state index in [0.29, 0.717) is 34.5 Å². The van der Waals surface area contributed by atoms with Gasteiger partial charge in [-0.1, -0.05) is 103 Å². The van der Waals surface area contributed by atoms with Gasteiger partial charge in [0, 0.05) is 35.1 Å². The molecule has 0 aliphatic heterocycles. The summed E-state index contributed by atoms with van der Waals surface area (Å²) in [5.41, 5.74) is 2.55. The Kier molecular flexibility index (Phi) is 13.1. The average molecular weight is 697 g/mol. The highest BCUT2D eigenvalue weighted by Crippen LogP contribution is 2.28. The van der Waals surface area contributed by atoms with Gasteiger partial charge in [0.15, 0.2) is 0 Å². The van der Waals surface area contributed by atoms with E-state index in [1.54, 1.807) is 42.5 Å². The second-order valence-electron chi connectivity index (χ2n) is 11.1. The molecule has 0 aromatic heterocycles. The van der Waals surface area contributed by atoms with Gasteiger partial charge in [-0.15, -0.1) is 0 Å². The van der Waals surface area contributed by atoms with Crippen LogP contribution in [-0.4, -0.2) is 50.5 Å². The molecule has 11 heteroatoms. The van der Waals surface area contributed by atoms with Crippen LogP contribution >= 0.6 is 23.2 Å². The van der Waals surface area contributed by atoms with Gasteiger partial charge in [0.25, 0.3) is 0 Å². The molecule has 1 N–H and O–H groups in total. The predicted octanol–water partition coefficient (Wildman–Crippen LogP) is 6.89. The molecule has 0 saturated heterocycles. The van der Waals surface area contributed by atoms with Gasteiger partial charge < -0.3 is 15.0 Å². The smallest absolute Gasteiger partial charge is 0.244 e. The van der Waals surface area contributed by atoms with E-state index in [-0.39, 0.29) is 24.6 Å². The highest BCUT2D eigenvalue weighted by atomic mass is 35.5. The van der Waals surface area contributed by atoms with Crippen LogP contribution in [0.2, 0.25) is 10.0 Å². The van der Waals surface area contributed by atoms with Gasteiger partial charge in [0.1, 0.15) is 24.9 Å². The van der Waals surface area contributed by atoms with Gasteiger partial charge >= 0.3 is 0 Å². The van der Waals surface area contributed by atoms with Crippen molar-refractivity contribution in [1.29, 1.82) is 0 Å². The molecular weight excluding hydrogens is 657 g/mol. The highest BCUT2D eigenvalue weighted by Gasteiger charge is 2.33. The number of anilines is 1. The molecule has 4 rings (SSSR count). The first kappa shape index (κ1) is 35.8. The molecule has 4 aromatic rings. The van der Waals surface area contributed by atoms with E-state index < -0.39 is 28.5 Å². The van der Waals surface area contributed by atoms with Crippen LogP contribution in [0, 0.1) is 0 Å². The van der Waals surface area contributed by atoms with Crippen molar-refractivity contribution in [2.45, 2.75) is 45.4 Å². The van der Waals surface area contributed by atoms with E-state index in [2.05, 4.69) is 5.32 Å². The van der Waals surface area contributed by atoms with Gasteiger partial charge in [-0.25, -0.2) is 8.42 Å². The number of unbranched alkanes of at least 4 members (excludes halogenated alkanes) is 1. The molecule has 0 bridgehead atoms. The molecule has 1 atom stereocenters. The first-order valence-electron chi connectivity index (χ1n) is 15.3. The van der Waals surface area contributed by atoms with Crippen molar-refractivity contribution in [2.24, 2.45) is 0 Å². The Morgan fingerprint density at radius 1 is 0.830 bits per heavy atom. The molecule has 0 unspecified atom stereocenters. The Balaban J connectivity index is 1.66. The summed E-state index contributed by atoms with van der Waals surface area (Å²) in [6.45, 7) is 2.13. The maximum atomic E-state index is 14.3. The van der Waals surface area contributed by atoms with E-state index in [4.69, 9.17) is 27.9 Å². The SMILES string of the molecule is CCCCNC(=O)[C@H](Cc1ccccc1)N(Cc1c(Cl)cccc1Cl)C(=O)CN(c1ccc(OCc2ccccc2)cc1)S(C)(=O)=O. The third-order valence-electron chi connectivity index (χ3n) is 7.54. The van der Waals surface area contributed by atoms with Crippen LogP contribution in [0.5, 0.6) is 5.75 Å². The number of carbonyl (C=O) groups excluding carboxylic acids is 2. The van der Waals surface area contributed by atoms with E-state index >= 15 is 0 Å². The number of ether oxygens (including phenoxy) is 1. The fraction of sp³-hybridized carbons (Fsp3) is 0.278. The lowest BCUT2D eigenvalue weighted by Crippen LogP contribution is -2.53. The second kappa shape index (κ2) is 17.2. The first-order chi connectivity index (χ1) is 22.6. The Morgan fingerprint density at radius 2 is 1.43 bits per heavy atom. The number of sulfonamides is 1. The van der Waals surface area contributed by atoms with Gasteiger partial charge in [-0.3, -0.25) is 13.9 Å². The fourth-order valence-electron chi connectivity index (χ4n) is 4.98. The minimum Gasteiger partial charge on any atom is -0.489 e. The number of carbonyl (C=O) groups is 2. The number of hydrogen-bond donors (Lipinski definition) is 1. The molecule has 4 aromatic carbocycles. The highest BCUT2D eigenvalue weighted by molar-refractivity contribution is 7.92.